The monoisotopic (exact) mass is 289 g/mol. The van der Waals surface area contributed by atoms with Gasteiger partial charge in [0.2, 0.25) is 0 Å². The van der Waals surface area contributed by atoms with Crippen molar-refractivity contribution in [2.45, 2.75) is 6.92 Å². The van der Waals surface area contributed by atoms with Crippen LogP contribution in [-0.2, 0) is 0 Å². The van der Waals surface area contributed by atoms with Crippen LogP contribution in [0.1, 0.15) is 5.56 Å². The second kappa shape index (κ2) is 5.94. The molecule has 0 saturated heterocycles. The van der Waals surface area contributed by atoms with Gasteiger partial charge in [-0.2, -0.15) is 0 Å². The van der Waals surface area contributed by atoms with Crippen molar-refractivity contribution < 1.29 is 9.84 Å². The Morgan fingerprint density at radius 2 is 1.41 bits per heavy atom. The molecule has 0 aliphatic carbocycles. The van der Waals surface area contributed by atoms with Crippen LogP contribution in [0.25, 0.3) is 22.3 Å². The molecule has 2 nitrogen and oxygen atoms in total. The summed E-state index contributed by atoms with van der Waals surface area (Å²) in [6.07, 6.45) is 0. The molecule has 1 N–H and O–H groups in total. The van der Waals surface area contributed by atoms with Gasteiger partial charge in [0.05, 0.1) is 7.11 Å². The molecule has 3 aromatic carbocycles. The van der Waals surface area contributed by atoms with Gasteiger partial charge in [-0.3, -0.25) is 0 Å². The number of hydrogen-bond donors (Lipinski definition) is 1. The first-order valence-electron chi connectivity index (χ1n) is 7.16. The highest BCUT2D eigenvalue weighted by molar-refractivity contribution is 5.89. The van der Waals surface area contributed by atoms with Gasteiger partial charge in [0.15, 0.2) is 11.5 Å². The fourth-order valence-corrected chi connectivity index (χ4v) is 2.67. The average molecular weight is 289 g/mol. The Labute approximate surface area is 130 Å². The van der Waals surface area contributed by atoms with Crippen LogP contribution in [0.4, 0.5) is 0 Å². The van der Waals surface area contributed by atoms with Gasteiger partial charge >= 0.3 is 0 Å². The lowest BCUT2D eigenvalue weighted by Crippen LogP contribution is -1.94. The smallest absolute Gasteiger partial charge is 0.166 e. The zero-order chi connectivity index (χ0) is 15.5. The van der Waals surface area contributed by atoms with E-state index in [1.54, 1.807) is 7.11 Å². The van der Waals surface area contributed by atoms with Gasteiger partial charge in [-0.15, -0.1) is 0 Å². The molecule has 0 amide bonds. The van der Waals surface area contributed by atoms with E-state index in [1.165, 1.54) is 0 Å². The molecular formula is C20H17O2. The summed E-state index contributed by atoms with van der Waals surface area (Å²) in [6.45, 7) is 1.89. The Kier molecular flexibility index (Phi) is 3.84. The fourth-order valence-electron chi connectivity index (χ4n) is 2.67. The molecule has 109 valence electrons. The molecule has 0 aromatic heterocycles. The first-order valence-corrected chi connectivity index (χ1v) is 7.16. The zero-order valence-electron chi connectivity index (χ0n) is 12.6. The summed E-state index contributed by atoms with van der Waals surface area (Å²) in [4.78, 5) is 0. The Balaban J connectivity index is 2.34. The number of benzene rings is 3. The molecule has 0 aliphatic rings. The van der Waals surface area contributed by atoms with Crippen molar-refractivity contribution in [3.63, 3.8) is 0 Å². The SMILES string of the molecule is COc1c(C)[c]c(-c2ccccc2)c(-c2ccccc2)c1O. The van der Waals surface area contributed by atoms with Crippen LogP contribution in [-0.4, -0.2) is 12.2 Å². The maximum Gasteiger partial charge on any atom is 0.166 e. The molecule has 3 rings (SSSR count). The number of methoxy groups -OCH3 is 1. The Hall–Kier alpha value is -2.74. The van der Waals surface area contributed by atoms with Crippen LogP contribution >= 0.6 is 0 Å². The topological polar surface area (TPSA) is 29.5 Å². The van der Waals surface area contributed by atoms with Crippen molar-refractivity contribution >= 4 is 0 Å². The third-order valence-corrected chi connectivity index (χ3v) is 3.68. The van der Waals surface area contributed by atoms with E-state index in [-0.39, 0.29) is 5.75 Å². The van der Waals surface area contributed by atoms with E-state index in [2.05, 4.69) is 6.07 Å². The van der Waals surface area contributed by atoms with Crippen molar-refractivity contribution in [2.24, 2.45) is 0 Å². The Bertz CT molecular complexity index is 778. The summed E-state index contributed by atoms with van der Waals surface area (Å²) >= 11 is 0. The highest BCUT2D eigenvalue weighted by atomic mass is 16.5. The lowest BCUT2D eigenvalue weighted by molar-refractivity contribution is 0.372. The summed E-state index contributed by atoms with van der Waals surface area (Å²) in [5.41, 5.74) is 4.37. The van der Waals surface area contributed by atoms with Crippen LogP contribution in [0.3, 0.4) is 0 Å². The highest BCUT2D eigenvalue weighted by Gasteiger charge is 2.19. The minimum atomic E-state index is 0.156. The van der Waals surface area contributed by atoms with Crippen LogP contribution in [0.2, 0.25) is 0 Å². The van der Waals surface area contributed by atoms with Gasteiger partial charge in [-0.1, -0.05) is 60.7 Å². The number of rotatable bonds is 3. The summed E-state index contributed by atoms with van der Waals surface area (Å²) in [7, 11) is 1.56. The maximum absolute atomic E-state index is 10.7. The standard InChI is InChI=1S/C20H17O2/c1-14-13-17(15-9-5-3-6-10-15)18(19(21)20(14)22-2)16-11-7-4-8-12-16/h3-12,21H,1-2H3. The molecule has 0 heterocycles. The summed E-state index contributed by atoms with van der Waals surface area (Å²) in [5, 5.41) is 10.7. The third kappa shape index (κ3) is 2.44. The van der Waals surface area contributed by atoms with Gasteiger partial charge in [0, 0.05) is 16.7 Å². The summed E-state index contributed by atoms with van der Waals surface area (Å²) in [6, 6.07) is 23.2. The number of hydrogen-bond acceptors (Lipinski definition) is 2. The van der Waals surface area contributed by atoms with E-state index in [0.29, 0.717) is 5.75 Å². The van der Waals surface area contributed by atoms with E-state index in [1.807, 2.05) is 67.6 Å². The quantitative estimate of drug-likeness (QED) is 0.747. The van der Waals surface area contributed by atoms with Gasteiger partial charge in [0.25, 0.3) is 0 Å². The van der Waals surface area contributed by atoms with Crippen molar-refractivity contribution in [3.05, 3.63) is 72.3 Å². The third-order valence-electron chi connectivity index (χ3n) is 3.68. The van der Waals surface area contributed by atoms with Gasteiger partial charge < -0.3 is 9.84 Å². The van der Waals surface area contributed by atoms with Crippen LogP contribution in [0.5, 0.6) is 11.5 Å². The van der Waals surface area contributed by atoms with Crippen molar-refractivity contribution in [3.8, 4) is 33.8 Å². The van der Waals surface area contributed by atoms with Gasteiger partial charge in [-0.05, 0) is 24.1 Å². The highest BCUT2D eigenvalue weighted by Crippen LogP contribution is 2.45. The fraction of sp³-hybridized carbons (Fsp3) is 0.100. The molecule has 3 aromatic rings. The van der Waals surface area contributed by atoms with Crippen LogP contribution < -0.4 is 4.74 Å². The normalized spacial score (nSPS) is 10.5. The van der Waals surface area contributed by atoms with Crippen LogP contribution in [0, 0.1) is 13.0 Å². The Morgan fingerprint density at radius 1 is 0.864 bits per heavy atom. The number of phenolic OH excluding ortho intramolecular Hbond substituents is 1. The van der Waals surface area contributed by atoms with E-state index >= 15 is 0 Å². The maximum atomic E-state index is 10.7. The molecule has 0 atom stereocenters. The van der Waals surface area contributed by atoms with E-state index in [9.17, 15) is 5.11 Å². The molecule has 0 fully saturated rings. The lowest BCUT2D eigenvalue weighted by atomic mass is 9.91. The largest absolute Gasteiger partial charge is 0.504 e. The molecular weight excluding hydrogens is 272 g/mol. The predicted molar refractivity (Wildman–Crippen MR) is 89.1 cm³/mol. The minimum Gasteiger partial charge on any atom is -0.504 e. The lowest BCUT2D eigenvalue weighted by Gasteiger charge is -2.17. The molecule has 2 heteroatoms. The molecule has 0 saturated carbocycles. The first-order chi connectivity index (χ1) is 10.7. The van der Waals surface area contributed by atoms with Crippen LogP contribution in [0.15, 0.2) is 60.7 Å². The molecule has 1 radical (unpaired) electrons. The second-order valence-corrected chi connectivity index (χ2v) is 5.11. The molecule has 0 bridgehead atoms. The second-order valence-electron chi connectivity index (χ2n) is 5.11. The van der Waals surface area contributed by atoms with Crippen molar-refractivity contribution in [1.29, 1.82) is 0 Å². The average Bonchev–Trinajstić information content (AvgIpc) is 2.56. The number of phenols is 1. The van der Waals surface area contributed by atoms with Gasteiger partial charge in [-0.25, -0.2) is 0 Å². The Morgan fingerprint density at radius 3 is 1.95 bits per heavy atom. The first kappa shape index (κ1) is 14.2. The van der Waals surface area contributed by atoms with Gasteiger partial charge in [0.1, 0.15) is 0 Å². The van der Waals surface area contributed by atoms with Crippen molar-refractivity contribution in [1.82, 2.24) is 0 Å². The predicted octanol–water partition coefficient (Wildman–Crippen LogP) is 4.84. The van der Waals surface area contributed by atoms with E-state index in [0.717, 1.165) is 27.8 Å². The van der Waals surface area contributed by atoms with Crippen molar-refractivity contribution in [2.75, 3.05) is 7.11 Å². The molecule has 0 aliphatic heterocycles. The number of aromatic hydroxyl groups is 1. The van der Waals surface area contributed by atoms with E-state index in [4.69, 9.17) is 4.74 Å². The van der Waals surface area contributed by atoms with E-state index < -0.39 is 0 Å². The number of aryl methyl sites for hydroxylation is 1. The summed E-state index contributed by atoms with van der Waals surface area (Å²) in [5.74, 6) is 0.627. The molecule has 22 heavy (non-hydrogen) atoms. The zero-order valence-corrected chi connectivity index (χ0v) is 12.6. The molecule has 0 unspecified atom stereocenters. The summed E-state index contributed by atoms with van der Waals surface area (Å²) < 4.78 is 5.35. The molecule has 0 spiro atoms. The minimum absolute atomic E-state index is 0.156. The number of ether oxygens (including phenoxy) is 1.